The van der Waals surface area contributed by atoms with E-state index in [1.807, 2.05) is 62.4 Å². The monoisotopic (exact) mass is 310 g/mol. The lowest BCUT2D eigenvalue weighted by Crippen LogP contribution is -1.95. The minimum Gasteiger partial charge on any atom is -0.428 e. The van der Waals surface area contributed by atoms with Crippen LogP contribution in [0.1, 0.15) is 11.1 Å². The van der Waals surface area contributed by atoms with Gasteiger partial charge in [-0.25, -0.2) is 0 Å². The first-order valence-corrected chi connectivity index (χ1v) is 9.59. The molecule has 1 atom stereocenters. The third-order valence-corrected chi connectivity index (χ3v) is 4.27. The molecule has 0 saturated carbocycles. The van der Waals surface area contributed by atoms with Crippen LogP contribution in [-0.2, 0) is 11.8 Å². The lowest BCUT2D eigenvalue weighted by atomic mass is 10.2. The number of hydrogen-bond donors (Lipinski definition) is 1. The van der Waals surface area contributed by atoms with Crippen LogP contribution >= 0.6 is 17.9 Å². The van der Waals surface area contributed by atoms with Crippen molar-refractivity contribution in [3.05, 3.63) is 59.7 Å². The lowest BCUT2D eigenvalue weighted by Gasteiger charge is -2.18. The molecule has 0 amide bonds. The molecule has 0 fully saturated rings. The second-order valence-electron chi connectivity index (χ2n) is 4.28. The first kappa shape index (κ1) is 14.4. The van der Waals surface area contributed by atoms with Crippen molar-refractivity contribution in [2.45, 2.75) is 13.8 Å². The van der Waals surface area contributed by atoms with E-state index in [1.165, 1.54) is 5.56 Å². The third-order valence-electron chi connectivity index (χ3n) is 2.45. The Balaban J connectivity index is 2.10. The van der Waals surface area contributed by atoms with Crippen LogP contribution in [0.15, 0.2) is 48.5 Å². The van der Waals surface area contributed by atoms with Crippen molar-refractivity contribution in [3.63, 3.8) is 0 Å². The van der Waals surface area contributed by atoms with Crippen LogP contribution in [0.5, 0.6) is 11.5 Å². The van der Waals surface area contributed by atoms with E-state index in [-0.39, 0.29) is 0 Å². The predicted molar refractivity (Wildman–Crippen MR) is 86.9 cm³/mol. The molecule has 2 aromatic rings. The highest BCUT2D eigenvalue weighted by Crippen LogP contribution is 2.52. The summed E-state index contributed by atoms with van der Waals surface area (Å²) >= 11 is 9.67. The summed E-state index contributed by atoms with van der Waals surface area (Å²) in [6.07, 6.45) is 0. The van der Waals surface area contributed by atoms with Gasteiger partial charge in [0.2, 0.25) is 0 Å². The smallest absolute Gasteiger partial charge is 0.345 e. The molecule has 0 spiro atoms. The molecular weight excluding hydrogens is 295 g/mol. The molecular formula is C14H15O2PS2. The van der Waals surface area contributed by atoms with Crippen LogP contribution in [0.2, 0.25) is 0 Å². The molecule has 2 rings (SSSR count). The van der Waals surface area contributed by atoms with Crippen LogP contribution in [0.4, 0.5) is 0 Å². The predicted octanol–water partition coefficient (Wildman–Crippen LogP) is 4.92. The second kappa shape index (κ2) is 6.00. The summed E-state index contributed by atoms with van der Waals surface area (Å²) in [5, 5.41) is 0. The minimum absolute atomic E-state index is 0.677. The number of rotatable bonds is 4. The van der Waals surface area contributed by atoms with E-state index < -0.39 is 5.69 Å². The van der Waals surface area contributed by atoms with Crippen molar-refractivity contribution >= 4 is 29.7 Å². The van der Waals surface area contributed by atoms with E-state index in [4.69, 9.17) is 20.9 Å². The SMILES string of the molecule is Cc1ccc(OP(=S)(S)Oc2cccc(C)c2)cc1. The van der Waals surface area contributed by atoms with Crippen molar-refractivity contribution in [3.8, 4) is 11.5 Å². The average Bonchev–Trinajstić information content (AvgIpc) is 2.31. The van der Waals surface area contributed by atoms with Crippen molar-refractivity contribution in [2.24, 2.45) is 0 Å². The molecule has 100 valence electrons. The molecule has 0 aliphatic carbocycles. The van der Waals surface area contributed by atoms with Crippen molar-refractivity contribution in [1.82, 2.24) is 0 Å². The van der Waals surface area contributed by atoms with Crippen LogP contribution in [0.25, 0.3) is 0 Å². The molecule has 2 nitrogen and oxygen atoms in total. The molecule has 0 N–H and O–H groups in total. The Hall–Kier alpha value is -0.960. The summed E-state index contributed by atoms with van der Waals surface area (Å²) in [5.41, 5.74) is -0.370. The molecule has 0 saturated heterocycles. The summed E-state index contributed by atoms with van der Waals surface area (Å²) < 4.78 is 11.4. The molecule has 0 bridgehead atoms. The van der Waals surface area contributed by atoms with Crippen LogP contribution in [0.3, 0.4) is 0 Å². The third kappa shape index (κ3) is 4.57. The fraction of sp³-hybridized carbons (Fsp3) is 0.143. The largest absolute Gasteiger partial charge is 0.428 e. The summed E-state index contributed by atoms with van der Waals surface area (Å²) in [7, 11) is 0. The Bertz CT molecular complexity index is 611. The van der Waals surface area contributed by atoms with E-state index in [0.717, 1.165) is 5.56 Å². The maximum Gasteiger partial charge on any atom is 0.345 e. The average molecular weight is 310 g/mol. The summed E-state index contributed by atoms with van der Waals surface area (Å²) in [5.74, 6) is 1.36. The first-order chi connectivity index (χ1) is 8.94. The van der Waals surface area contributed by atoms with Gasteiger partial charge in [0.15, 0.2) is 0 Å². The molecule has 0 heterocycles. The van der Waals surface area contributed by atoms with Crippen LogP contribution < -0.4 is 9.05 Å². The van der Waals surface area contributed by atoms with Gasteiger partial charge < -0.3 is 9.05 Å². The quantitative estimate of drug-likeness (QED) is 0.639. The molecule has 5 heteroatoms. The fourth-order valence-electron chi connectivity index (χ4n) is 1.56. The highest BCUT2D eigenvalue weighted by molar-refractivity contribution is 8.60. The molecule has 19 heavy (non-hydrogen) atoms. The lowest BCUT2D eigenvalue weighted by molar-refractivity contribution is 0.506. The van der Waals surface area contributed by atoms with Crippen molar-refractivity contribution in [1.29, 1.82) is 0 Å². The molecule has 0 aliphatic rings. The molecule has 1 unspecified atom stereocenters. The number of benzene rings is 2. The maximum absolute atomic E-state index is 5.68. The molecule has 0 aromatic heterocycles. The molecule has 0 radical (unpaired) electrons. The van der Waals surface area contributed by atoms with E-state index in [9.17, 15) is 0 Å². The number of aryl methyl sites for hydroxylation is 2. The summed E-state index contributed by atoms with van der Waals surface area (Å²) in [4.78, 5) is 0. The Morgan fingerprint density at radius 3 is 2.16 bits per heavy atom. The van der Waals surface area contributed by atoms with Gasteiger partial charge in [0.05, 0.1) is 0 Å². The normalized spacial score (nSPS) is 13.6. The highest BCUT2D eigenvalue weighted by Gasteiger charge is 2.16. The summed E-state index contributed by atoms with van der Waals surface area (Å²) in [6, 6.07) is 15.3. The van der Waals surface area contributed by atoms with Crippen molar-refractivity contribution < 1.29 is 9.05 Å². The van der Waals surface area contributed by atoms with Gasteiger partial charge in [0.1, 0.15) is 11.5 Å². The zero-order valence-corrected chi connectivity index (χ0v) is 13.3. The van der Waals surface area contributed by atoms with Gasteiger partial charge in [-0.15, -0.1) is 0 Å². The molecule has 0 aliphatic heterocycles. The number of thiol groups is 1. The zero-order chi connectivity index (χ0) is 13.9. The Kier molecular flexibility index (Phi) is 4.56. The van der Waals surface area contributed by atoms with E-state index in [1.54, 1.807) is 0 Å². The topological polar surface area (TPSA) is 18.5 Å². The summed E-state index contributed by atoms with van der Waals surface area (Å²) in [6.45, 7) is 4.01. The van der Waals surface area contributed by atoms with Gasteiger partial charge in [-0.05, 0) is 55.5 Å². The van der Waals surface area contributed by atoms with Crippen LogP contribution in [-0.4, -0.2) is 0 Å². The van der Waals surface area contributed by atoms with E-state index in [2.05, 4.69) is 12.2 Å². The van der Waals surface area contributed by atoms with Gasteiger partial charge in [0.25, 0.3) is 0 Å². The fourth-order valence-corrected chi connectivity index (χ4v) is 3.44. The number of hydrogen-bond acceptors (Lipinski definition) is 3. The van der Waals surface area contributed by atoms with Gasteiger partial charge in [-0.3, -0.25) is 0 Å². The molecule has 2 aromatic carbocycles. The second-order valence-corrected chi connectivity index (χ2v) is 9.42. The van der Waals surface area contributed by atoms with Gasteiger partial charge in [-0.2, -0.15) is 0 Å². The Morgan fingerprint density at radius 2 is 1.53 bits per heavy atom. The maximum atomic E-state index is 5.68. The van der Waals surface area contributed by atoms with Gasteiger partial charge in [0, 0.05) is 0 Å². The zero-order valence-electron chi connectivity index (χ0n) is 10.7. The standard InChI is InChI=1S/C14H15O2PS2/c1-11-6-8-13(9-7-11)15-17(18,19)16-14-5-3-4-12(2)10-14/h3-10H,1-2H3,(H,18,19). The van der Waals surface area contributed by atoms with Gasteiger partial charge in [-0.1, -0.05) is 42.1 Å². The minimum atomic E-state index is -2.64. The van der Waals surface area contributed by atoms with Gasteiger partial charge >= 0.3 is 5.69 Å². The van der Waals surface area contributed by atoms with Crippen molar-refractivity contribution in [2.75, 3.05) is 0 Å². The van der Waals surface area contributed by atoms with E-state index >= 15 is 0 Å². The first-order valence-electron chi connectivity index (χ1n) is 5.80. The highest BCUT2D eigenvalue weighted by atomic mass is 32.9. The van der Waals surface area contributed by atoms with E-state index in [0.29, 0.717) is 11.5 Å². The Morgan fingerprint density at radius 1 is 0.895 bits per heavy atom. The van der Waals surface area contributed by atoms with Crippen LogP contribution in [0, 0.1) is 13.8 Å². The Labute approximate surface area is 124 Å².